The molecule has 6 aliphatic rings. The average Bonchev–Trinajstić information content (AvgIpc) is 1.63. The largest absolute Gasteiger partial charge is 0.550 e. The fourth-order valence-corrected chi connectivity index (χ4v) is 16.9. The summed E-state index contributed by atoms with van der Waals surface area (Å²) in [5.74, 6) is -1.02. The van der Waals surface area contributed by atoms with E-state index in [1.54, 1.807) is 61.6 Å². The molecule has 1 saturated heterocycles. The number of benzene rings is 3. The van der Waals surface area contributed by atoms with Crippen molar-refractivity contribution >= 4 is 149 Å². The zero-order chi connectivity index (χ0) is 71.0. The molecule has 7 heterocycles. The number of piperidine rings is 1. The summed E-state index contributed by atoms with van der Waals surface area (Å²) in [7, 11) is 0. The maximum absolute atomic E-state index is 12.7. The predicted molar refractivity (Wildman–Crippen MR) is 372 cm³/mol. The van der Waals surface area contributed by atoms with Gasteiger partial charge >= 0.3 is 39.4 Å². The van der Waals surface area contributed by atoms with Crippen LogP contribution in [0.15, 0.2) is 91.1 Å². The highest BCUT2D eigenvalue weighted by atomic mass is 35.5. The van der Waals surface area contributed by atoms with E-state index < -0.39 is 35.5 Å². The van der Waals surface area contributed by atoms with Gasteiger partial charge in [0.05, 0.1) is 49.6 Å². The summed E-state index contributed by atoms with van der Waals surface area (Å²) in [5, 5.41) is 59.4. The van der Waals surface area contributed by atoms with E-state index in [9.17, 15) is 49.2 Å². The van der Waals surface area contributed by atoms with E-state index in [1.807, 2.05) is 104 Å². The van der Waals surface area contributed by atoms with E-state index in [0.29, 0.717) is 108 Å². The van der Waals surface area contributed by atoms with Crippen LogP contribution in [0, 0.1) is 16.2 Å². The molecule has 95 heavy (non-hydrogen) atoms. The molecule has 518 valence electrons. The van der Waals surface area contributed by atoms with Crippen LogP contribution in [0.5, 0.6) is 34.5 Å². The Kier molecular flexibility index (Phi) is 28.9. The van der Waals surface area contributed by atoms with Crippen LogP contribution in [-0.2, 0) is 33.7 Å². The molecule has 0 saturated carbocycles. The molecule has 3 aromatic carbocycles. The van der Waals surface area contributed by atoms with Gasteiger partial charge in [0.1, 0.15) is 70.2 Å². The van der Waals surface area contributed by atoms with Crippen molar-refractivity contribution in [3.8, 4) is 34.5 Å². The van der Waals surface area contributed by atoms with Crippen LogP contribution in [0.25, 0.3) is 9.40 Å². The van der Waals surface area contributed by atoms with Gasteiger partial charge < -0.3 is 69.0 Å². The standard InChI is InChI=1S/C24H31N3O6S2.C14H13NO4S2.C12H13NO2S2.C7H11NO2.C5H10ClNO.C2H4O2/c1-8-26(9-2)22(29)31-14-12-13-15(32-23(30)27(10-3)11-4)18-17(14)34-21(35-18)16-19(24(5,6)7)25-33-20(16)28;1-14(2,3)11-8(12(18)19-15-11)13-20-9-6(16)4-5-7(17)10(9)21-13;14-8-4-5-9(15)11-10(8)16-12(17-11)13-6-2-1-3-7-13;1-7(2,3)5-4-6(9)10-8-5;1-3-7(4-2)5(6)8;1-2(3)4/h12-13H,8-11H2,1-7H3;4-5,16-17H,1-3H3;4-5H,1-3,6-7H2,(H-,14,15);4H2,1-3H3;3-4H2,1-2H3;1H3,(H,3,4). The van der Waals surface area contributed by atoms with Gasteiger partial charge in [0.15, 0.2) is 0 Å². The molecule has 1 aromatic heterocycles. The minimum Gasteiger partial charge on any atom is -0.550 e. The second kappa shape index (κ2) is 34.8. The van der Waals surface area contributed by atoms with E-state index >= 15 is 0 Å². The fourth-order valence-electron chi connectivity index (χ4n) is 8.77. The number of phenols is 4. The van der Waals surface area contributed by atoms with E-state index in [-0.39, 0.29) is 45.2 Å². The van der Waals surface area contributed by atoms with E-state index in [0.717, 1.165) is 35.1 Å². The number of carbonyl (C=O) groups is 7. The van der Waals surface area contributed by atoms with Crippen molar-refractivity contribution < 1.29 is 83.1 Å². The van der Waals surface area contributed by atoms with E-state index in [2.05, 4.69) is 24.9 Å². The Bertz CT molecular complexity index is 3650. The summed E-state index contributed by atoms with van der Waals surface area (Å²) < 4.78 is 17.9. The lowest BCUT2D eigenvalue weighted by Gasteiger charge is -2.20. The van der Waals surface area contributed by atoms with Crippen LogP contribution < -0.4 is 23.1 Å². The summed E-state index contributed by atoms with van der Waals surface area (Å²) in [6.45, 7) is 35.5. The maximum Gasteiger partial charge on any atom is 0.415 e. The number of oxime groups is 3. The summed E-state index contributed by atoms with van der Waals surface area (Å²) in [5.41, 5.74) is 1.92. The summed E-state index contributed by atoms with van der Waals surface area (Å²) in [6.07, 6.45) is 3.17. The fraction of sp³-hybridized carbons (Fsp3) is 0.484. The number of aromatic hydroxyl groups is 4. The van der Waals surface area contributed by atoms with E-state index in [1.165, 1.54) is 82.4 Å². The number of carboxylic acid groups (broad SMARTS) is 1. The van der Waals surface area contributed by atoms with Crippen LogP contribution in [0.1, 0.15) is 136 Å². The van der Waals surface area contributed by atoms with Crippen molar-refractivity contribution in [1.82, 2.24) is 19.3 Å². The molecule has 3 amide bonds. The van der Waals surface area contributed by atoms with Crippen LogP contribution in [0.2, 0.25) is 0 Å². The number of aliphatic carboxylic acids is 1. The molecule has 31 heteroatoms. The van der Waals surface area contributed by atoms with Crippen LogP contribution in [0.3, 0.4) is 0 Å². The van der Waals surface area contributed by atoms with Crippen LogP contribution in [-0.4, -0.2) is 146 Å². The van der Waals surface area contributed by atoms with Gasteiger partial charge in [-0.25, -0.2) is 28.5 Å². The monoisotopic (exact) mass is 1450 g/mol. The maximum atomic E-state index is 12.7. The number of carbonyl (C=O) groups excluding carboxylic acids is 7. The topological polar surface area (TPSA) is 319 Å². The Morgan fingerprint density at radius 1 is 0.547 bits per heavy atom. The minimum absolute atomic E-state index is 0.0356. The Hall–Kier alpha value is -6.96. The lowest BCUT2D eigenvalue weighted by Crippen LogP contribution is -2.33. The summed E-state index contributed by atoms with van der Waals surface area (Å²) in [6, 6.07) is 9.19. The molecule has 4 N–H and O–H groups in total. The Morgan fingerprint density at radius 2 is 0.905 bits per heavy atom. The summed E-state index contributed by atoms with van der Waals surface area (Å²) in [4.78, 5) is 101. The van der Waals surface area contributed by atoms with Crippen molar-refractivity contribution in [1.29, 1.82) is 0 Å². The number of amides is 3. The third kappa shape index (κ3) is 21.0. The quantitative estimate of drug-likeness (QED) is 0.0318. The molecule has 24 nitrogen and oxygen atoms in total. The number of ether oxygens (including phenoxy) is 2. The normalized spacial score (nSPS) is 15.4. The number of carboxylic acids is 1. The highest BCUT2D eigenvalue weighted by Crippen LogP contribution is 2.61. The molecule has 0 aliphatic carbocycles. The third-order valence-electron chi connectivity index (χ3n) is 14.0. The number of thioether (sulfide) groups is 4. The summed E-state index contributed by atoms with van der Waals surface area (Å²) >= 11 is 13.3. The second-order valence-electron chi connectivity index (χ2n) is 24.1. The SMILES string of the molecule is CC(=O)[O-].CC(C)(C)C1=NOC(=O)C1.CC(C)(C)C1=NOC(=O)C1=C1Sc2c(O)ccc(O)c2S1.CCN(CC)C(=O)Cl.CCN(CC)C(=O)Oc1ccc(OC(=O)N(CC)CC)c2c1SC(=C1C(=O)ON=C1C(C)(C)C)S2.Oc1ccc(O)c2sc(=[N+]3CCCCC3)sc12. The molecule has 0 spiro atoms. The molecule has 1 fully saturated rings. The van der Waals surface area contributed by atoms with Crippen molar-refractivity contribution in [2.24, 2.45) is 31.7 Å². The van der Waals surface area contributed by atoms with Crippen LogP contribution in [0.4, 0.5) is 14.4 Å². The molecule has 0 atom stereocenters. The van der Waals surface area contributed by atoms with Gasteiger partial charge in [-0.3, -0.25) is 4.79 Å². The minimum atomic E-state index is -1.08. The zero-order valence-electron chi connectivity index (χ0n) is 56.0. The third-order valence-corrected chi connectivity index (χ3v) is 22.2. The highest BCUT2D eigenvalue weighted by molar-refractivity contribution is 8.25. The smallest absolute Gasteiger partial charge is 0.415 e. The number of hydrogen-bond donors (Lipinski definition) is 4. The zero-order valence-corrected chi connectivity index (χ0v) is 61.7. The number of halogens is 1. The van der Waals surface area contributed by atoms with Gasteiger partial charge in [0.25, 0.3) is 0 Å². The average molecular weight is 1450 g/mol. The van der Waals surface area contributed by atoms with Gasteiger partial charge in [0.2, 0.25) is 0 Å². The van der Waals surface area contributed by atoms with E-state index in [4.69, 9.17) is 40.7 Å². The number of fused-ring (bicyclic) bond motifs is 3. The molecule has 0 radical (unpaired) electrons. The van der Waals surface area contributed by atoms with Gasteiger partial charge in [-0.15, -0.1) is 0 Å². The number of hydrogen-bond acceptors (Lipinski definition) is 26. The molecule has 6 aliphatic heterocycles. The molecule has 10 rings (SSSR count). The first-order valence-electron chi connectivity index (χ1n) is 30.4. The van der Waals surface area contributed by atoms with Crippen LogP contribution >= 0.6 is 81.3 Å². The highest BCUT2D eigenvalue weighted by Gasteiger charge is 2.42. The van der Waals surface area contributed by atoms with Gasteiger partial charge in [-0.05, 0) is 103 Å². The van der Waals surface area contributed by atoms with Crippen molar-refractivity contribution in [2.75, 3.05) is 52.4 Å². The number of rotatable bonds is 8. The first kappa shape index (κ1) is 78.7. The van der Waals surface area contributed by atoms with Crippen molar-refractivity contribution in [2.45, 2.75) is 156 Å². The number of phenolic OH excluding ortho intramolecular Hbond substituents is 4. The Morgan fingerprint density at radius 3 is 1.20 bits per heavy atom. The van der Waals surface area contributed by atoms with Gasteiger partial charge in [0, 0.05) is 74.3 Å². The molecule has 4 aromatic rings. The Labute approximate surface area is 582 Å². The van der Waals surface area contributed by atoms with Gasteiger partial charge in [-0.1, -0.05) is 148 Å². The lowest BCUT2D eigenvalue weighted by atomic mass is 9.86. The Balaban J connectivity index is 0.000000231. The predicted octanol–water partition coefficient (Wildman–Crippen LogP) is 13.3. The first-order chi connectivity index (χ1) is 44.5. The molecular weight excluding hydrogens is 1370 g/mol. The first-order valence-corrected chi connectivity index (χ1v) is 35.7. The molecular formula is C64H82ClN7O17S6. The van der Waals surface area contributed by atoms with Gasteiger partial charge in [-0.2, -0.15) is 0 Å². The van der Waals surface area contributed by atoms with Crippen molar-refractivity contribution in [3.05, 3.63) is 60.0 Å². The number of nitrogens with zero attached hydrogens (tertiary/aromatic N) is 7. The van der Waals surface area contributed by atoms with Crippen molar-refractivity contribution in [3.63, 3.8) is 0 Å². The second-order valence-corrected chi connectivity index (χ2v) is 31.2. The molecule has 0 unspecified atom stereocenters. The molecule has 0 bridgehead atoms. The lowest BCUT2D eigenvalue weighted by molar-refractivity contribution is -0.302.